The lowest BCUT2D eigenvalue weighted by atomic mass is 9.96. The van der Waals surface area contributed by atoms with Crippen molar-refractivity contribution in [2.45, 2.75) is 37.8 Å². The largest absolute Gasteiger partial charge is 0.326 e. The molecule has 1 saturated heterocycles. The summed E-state index contributed by atoms with van der Waals surface area (Å²) in [7, 11) is 2.01. The van der Waals surface area contributed by atoms with Crippen LogP contribution in [0.3, 0.4) is 0 Å². The fraction of sp³-hybridized carbons (Fsp3) is 0.533. The highest BCUT2D eigenvalue weighted by Crippen LogP contribution is 2.28. The van der Waals surface area contributed by atoms with Gasteiger partial charge in [0.1, 0.15) is 0 Å². The molecule has 3 N–H and O–H groups in total. The highest BCUT2D eigenvalue weighted by Gasteiger charge is 2.22. The van der Waals surface area contributed by atoms with E-state index in [1.54, 1.807) is 0 Å². The Hall–Kier alpha value is -1.39. The number of benzene rings is 1. The summed E-state index contributed by atoms with van der Waals surface area (Å²) in [6.45, 7) is 1.14. The lowest BCUT2D eigenvalue weighted by Gasteiger charge is -2.21. The Labute approximate surface area is 114 Å². The van der Waals surface area contributed by atoms with E-state index in [1.807, 2.05) is 13.1 Å². The van der Waals surface area contributed by atoms with Crippen molar-refractivity contribution in [3.63, 3.8) is 0 Å². The van der Waals surface area contributed by atoms with Crippen LogP contribution in [-0.2, 0) is 11.2 Å². The number of nitrogens with one attached hydrogen (secondary N) is 3. The van der Waals surface area contributed by atoms with Gasteiger partial charge in [0, 0.05) is 17.8 Å². The molecule has 2 aliphatic rings. The summed E-state index contributed by atoms with van der Waals surface area (Å²) >= 11 is 0. The van der Waals surface area contributed by atoms with E-state index in [0.29, 0.717) is 18.5 Å². The van der Waals surface area contributed by atoms with Crippen molar-refractivity contribution < 1.29 is 4.79 Å². The van der Waals surface area contributed by atoms with Gasteiger partial charge in [-0.05, 0) is 50.0 Å². The molecule has 0 saturated carbocycles. The molecule has 0 aromatic heterocycles. The van der Waals surface area contributed by atoms with Crippen LogP contribution in [0.4, 0.5) is 5.69 Å². The molecule has 4 nitrogen and oxygen atoms in total. The molecule has 0 bridgehead atoms. The monoisotopic (exact) mass is 259 g/mol. The van der Waals surface area contributed by atoms with Crippen molar-refractivity contribution in [2.75, 3.05) is 18.9 Å². The number of amides is 1. The van der Waals surface area contributed by atoms with Gasteiger partial charge in [-0.2, -0.15) is 0 Å². The van der Waals surface area contributed by atoms with Gasteiger partial charge in [0.05, 0.1) is 6.42 Å². The van der Waals surface area contributed by atoms with Gasteiger partial charge < -0.3 is 16.0 Å². The summed E-state index contributed by atoms with van der Waals surface area (Å²) in [6.07, 6.45) is 4.17. The number of hydrogen-bond acceptors (Lipinski definition) is 3. The zero-order valence-corrected chi connectivity index (χ0v) is 11.3. The Morgan fingerprint density at radius 3 is 3.11 bits per heavy atom. The number of fused-ring (bicyclic) bond motifs is 1. The van der Waals surface area contributed by atoms with Gasteiger partial charge in [-0.3, -0.25) is 4.79 Å². The van der Waals surface area contributed by atoms with E-state index >= 15 is 0 Å². The molecule has 19 heavy (non-hydrogen) atoms. The maximum Gasteiger partial charge on any atom is 0.228 e. The molecule has 3 rings (SSSR count). The fourth-order valence-electron chi connectivity index (χ4n) is 3.13. The van der Waals surface area contributed by atoms with Crippen LogP contribution in [0.25, 0.3) is 0 Å². The standard InChI is InChI=1S/C15H21N3O/c1-16-14(9-12-3-2-6-17-12)10-4-5-13-11(7-10)8-15(19)18-13/h4-5,7,12,14,16-17H,2-3,6,8-9H2,1H3,(H,18,19). The molecule has 0 spiro atoms. The Bertz CT molecular complexity index is 480. The Balaban J connectivity index is 1.76. The predicted octanol–water partition coefficient (Wildman–Crippen LogP) is 1.58. The van der Waals surface area contributed by atoms with Crippen LogP contribution in [0.15, 0.2) is 18.2 Å². The van der Waals surface area contributed by atoms with Gasteiger partial charge in [-0.25, -0.2) is 0 Å². The number of carbonyl (C=O) groups is 1. The molecule has 1 fully saturated rings. The average molecular weight is 259 g/mol. The third kappa shape index (κ3) is 2.65. The second kappa shape index (κ2) is 5.31. The Morgan fingerprint density at radius 1 is 1.47 bits per heavy atom. The van der Waals surface area contributed by atoms with E-state index in [-0.39, 0.29) is 5.91 Å². The van der Waals surface area contributed by atoms with Gasteiger partial charge in [-0.15, -0.1) is 0 Å². The van der Waals surface area contributed by atoms with Crippen LogP contribution in [0.2, 0.25) is 0 Å². The third-order valence-corrected chi connectivity index (χ3v) is 4.19. The molecule has 1 amide bonds. The molecule has 1 aromatic rings. The normalized spacial score (nSPS) is 23.2. The zero-order chi connectivity index (χ0) is 13.2. The number of anilines is 1. The highest BCUT2D eigenvalue weighted by atomic mass is 16.1. The first-order valence-corrected chi connectivity index (χ1v) is 7.09. The van der Waals surface area contributed by atoms with Crippen LogP contribution in [0.1, 0.15) is 36.4 Å². The van der Waals surface area contributed by atoms with Gasteiger partial charge in [-0.1, -0.05) is 12.1 Å². The summed E-state index contributed by atoms with van der Waals surface area (Å²) in [5, 5.41) is 9.83. The lowest BCUT2D eigenvalue weighted by Crippen LogP contribution is -2.28. The van der Waals surface area contributed by atoms with Crippen molar-refractivity contribution in [3.05, 3.63) is 29.3 Å². The van der Waals surface area contributed by atoms with Gasteiger partial charge in [0.15, 0.2) is 0 Å². The molecule has 0 aliphatic carbocycles. The van der Waals surface area contributed by atoms with Crippen LogP contribution in [0, 0.1) is 0 Å². The number of hydrogen-bond donors (Lipinski definition) is 3. The second-order valence-electron chi connectivity index (χ2n) is 5.51. The first-order chi connectivity index (χ1) is 9.26. The topological polar surface area (TPSA) is 53.2 Å². The Morgan fingerprint density at radius 2 is 2.37 bits per heavy atom. The molecule has 2 unspecified atom stereocenters. The van der Waals surface area contributed by atoms with E-state index in [1.165, 1.54) is 18.4 Å². The predicted molar refractivity (Wildman–Crippen MR) is 76.2 cm³/mol. The minimum absolute atomic E-state index is 0.102. The first kappa shape index (κ1) is 12.6. The molecule has 102 valence electrons. The van der Waals surface area contributed by atoms with E-state index in [2.05, 4.69) is 28.1 Å². The zero-order valence-electron chi connectivity index (χ0n) is 11.3. The summed E-state index contributed by atoms with van der Waals surface area (Å²) < 4.78 is 0. The molecule has 2 aliphatic heterocycles. The molecular weight excluding hydrogens is 238 g/mol. The maximum atomic E-state index is 11.4. The van der Waals surface area contributed by atoms with Crippen LogP contribution >= 0.6 is 0 Å². The minimum Gasteiger partial charge on any atom is -0.326 e. The van der Waals surface area contributed by atoms with Crippen molar-refractivity contribution in [3.8, 4) is 0 Å². The molecule has 2 heterocycles. The van der Waals surface area contributed by atoms with Crippen LogP contribution < -0.4 is 16.0 Å². The molecule has 4 heteroatoms. The van der Waals surface area contributed by atoms with Gasteiger partial charge in [0.25, 0.3) is 0 Å². The SMILES string of the molecule is CNC(CC1CCCN1)c1ccc2c(c1)CC(=O)N2. The lowest BCUT2D eigenvalue weighted by molar-refractivity contribution is -0.115. The third-order valence-electron chi connectivity index (χ3n) is 4.19. The van der Waals surface area contributed by atoms with E-state index in [4.69, 9.17) is 0 Å². The first-order valence-electron chi connectivity index (χ1n) is 7.09. The van der Waals surface area contributed by atoms with Gasteiger partial charge >= 0.3 is 0 Å². The highest BCUT2D eigenvalue weighted by molar-refractivity contribution is 5.99. The van der Waals surface area contributed by atoms with E-state index in [0.717, 1.165) is 24.2 Å². The summed E-state index contributed by atoms with van der Waals surface area (Å²) in [5.41, 5.74) is 3.39. The smallest absolute Gasteiger partial charge is 0.228 e. The maximum absolute atomic E-state index is 11.4. The number of rotatable bonds is 4. The van der Waals surface area contributed by atoms with Crippen molar-refractivity contribution in [2.24, 2.45) is 0 Å². The molecular formula is C15H21N3O. The van der Waals surface area contributed by atoms with Crippen molar-refractivity contribution in [1.29, 1.82) is 0 Å². The van der Waals surface area contributed by atoms with E-state index in [9.17, 15) is 4.79 Å². The second-order valence-corrected chi connectivity index (χ2v) is 5.51. The molecule has 0 radical (unpaired) electrons. The fourth-order valence-corrected chi connectivity index (χ4v) is 3.13. The molecule has 2 atom stereocenters. The van der Waals surface area contributed by atoms with Crippen LogP contribution in [0.5, 0.6) is 0 Å². The van der Waals surface area contributed by atoms with E-state index < -0.39 is 0 Å². The average Bonchev–Trinajstić information content (AvgIpc) is 3.02. The summed E-state index contributed by atoms with van der Waals surface area (Å²) in [4.78, 5) is 11.4. The summed E-state index contributed by atoms with van der Waals surface area (Å²) in [5.74, 6) is 0.102. The van der Waals surface area contributed by atoms with Crippen molar-refractivity contribution >= 4 is 11.6 Å². The molecule has 1 aromatic carbocycles. The Kier molecular flexibility index (Phi) is 3.53. The number of carbonyl (C=O) groups excluding carboxylic acids is 1. The summed E-state index contributed by atoms with van der Waals surface area (Å²) in [6, 6.07) is 7.30. The van der Waals surface area contributed by atoms with Crippen LogP contribution in [-0.4, -0.2) is 25.5 Å². The van der Waals surface area contributed by atoms with Gasteiger partial charge in [0.2, 0.25) is 5.91 Å². The minimum atomic E-state index is 0.102. The van der Waals surface area contributed by atoms with Crippen molar-refractivity contribution in [1.82, 2.24) is 10.6 Å². The quantitative estimate of drug-likeness (QED) is 0.769.